The molecule has 2 unspecified atom stereocenters. The molecule has 2 atom stereocenters. The SMILES string of the molecule is CN1CCN(Cc2ccc(-c3ccc(CC(C#N)NCC4(N)CCc5ccsc5C4)cc3)cc2)CC1. The van der Waals surface area contributed by atoms with Gasteiger partial charge in [0.05, 0.1) is 12.1 Å². The number of benzene rings is 2. The average molecular weight is 500 g/mol. The third kappa shape index (κ3) is 6.23. The van der Waals surface area contributed by atoms with Gasteiger partial charge in [0.1, 0.15) is 0 Å². The quantitative estimate of drug-likeness (QED) is 0.489. The van der Waals surface area contributed by atoms with Crippen LogP contribution in [0.15, 0.2) is 60.0 Å². The highest BCUT2D eigenvalue weighted by Gasteiger charge is 2.31. The van der Waals surface area contributed by atoms with E-state index < -0.39 is 0 Å². The monoisotopic (exact) mass is 499 g/mol. The van der Waals surface area contributed by atoms with Crippen molar-refractivity contribution in [3.63, 3.8) is 0 Å². The van der Waals surface area contributed by atoms with Crippen LogP contribution in [0, 0.1) is 11.3 Å². The van der Waals surface area contributed by atoms with E-state index >= 15 is 0 Å². The van der Waals surface area contributed by atoms with Gasteiger partial charge in [0.15, 0.2) is 0 Å². The van der Waals surface area contributed by atoms with Gasteiger partial charge in [0.2, 0.25) is 0 Å². The summed E-state index contributed by atoms with van der Waals surface area (Å²) < 4.78 is 0. The number of thiophene rings is 1. The number of likely N-dealkylation sites (N-methyl/N-ethyl adjacent to an activating group) is 1. The molecule has 1 saturated heterocycles. The maximum absolute atomic E-state index is 9.76. The Labute approximate surface area is 219 Å². The summed E-state index contributed by atoms with van der Waals surface area (Å²) in [6, 6.07) is 22.0. The van der Waals surface area contributed by atoms with Crippen molar-refractivity contribution in [3.8, 4) is 17.2 Å². The van der Waals surface area contributed by atoms with Crippen molar-refractivity contribution in [3.05, 3.63) is 81.5 Å². The number of aryl methyl sites for hydroxylation is 1. The van der Waals surface area contributed by atoms with Gasteiger partial charge in [-0.15, -0.1) is 11.3 Å². The molecule has 0 amide bonds. The highest BCUT2D eigenvalue weighted by Crippen LogP contribution is 2.30. The van der Waals surface area contributed by atoms with Gasteiger partial charge in [-0.2, -0.15) is 5.26 Å². The van der Waals surface area contributed by atoms with E-state index in [0.29, 0.717) is 13.0 Å². The fourth-order valence-corrected chi connectivity index (χ4v) is 6.40. The summed E-state index contributed by atoms with van der Waals surface area (Å²) in [5.74, 6) is 0. The molecule has 0 spiro atoms. The third-order valence-electron chi connectivity index (χ3n) is 7.78. The molecule has 1 aliphatic heterocycles. The van der Waals surface area contributed by atoms with Crippen LogP contribution in [-0.4, -0.2) is 61.2 Å². The molecule has 0 radical (unpaired) electrons. The van der Waals surface area contributed by atoms with Gasteiger partial charge < -0.3 is 10.6 Å². The first-order valence-corrected chi connectivity index (χ1v) is 13.9. The van der Waals surface area contributed by atoms with Crippen molar-refractivity contribution in [1.29, 1.82) is 5.26 Å². The predicted molar refractivity (Wildman–Crippen MR) is 149 cm³/mol. The van der Waals surface area contributed by atoms with Crippen molar-refractivity contribution in [2.24, 2.45) is 5.73 Å². The zero-order valence-corrected chi connectivity index (χ0v) is 22.1. The van der Waals surface area contributed by atoms with Crippen LogP contribution < -0.4 is 11.1 Å². The first-order valence-electron chi connectivity index (χ1n) is 13.1. The molecule has 5 nitrogen and oxygen atoms in total. The predicted octanol–water partition coefficient (Wildman–Crippen LogP) is 4.07. The van der Waals surface area contributed by atoms with Gasteiger partial charge in [0, 0.05) is 62.5 Å². The molecule has 3 N–H and O–H groups in total. The molecule has 0 bridgehead atoms. The molecular weight excluding hydrogens is 462 g/mol. The van der Waals surface area contributed by atoms with Gasteiger partial charge >= 0.3 is 0 Å². The Hall–Kier alpha value is -2.53. The Bertz CT molecular complexity index is 1170. The van der Waals surface area contributed by atoms with Crippen LogP contribution in [0.5, 0.6) is 0 Å². The summed E-state index contributed by atoms with van der Waals surface area (Å²) in [5, 5.41) is 15.4. The lowest BCUT2D eigenvalue weighted by molar-refractivity contribution is 0.148. The minimum Gasteiger partial charge on any atom is -0.324 e. The maximum atomic E-state index is 9.76. The molecular formula is C30H37N5S. The van der Waals surface area contributed by atoms with Crippen molar-refractivity contribution < 1.29 is 0 Å². The fourth-order valence-electron chi connectivity index (χ4n) is 5.31. The Morgan fingerprint density at radius 1 is 1.00 bits per heavy atom. The van der Waals surface area contributed by atoms with E-state index in [0.717, 1.165) is 52.0 Å². The highest BCUT2D eigenvalue weighted by atomic mass is 32.1. The number of nitrogens with one attached hydrogen (secondary N) is 1. The lowest BCUT2D eigenvalue weighted by atomic mass is 9.82. The van der Waals surface area contributed by atoms with Crippen molar-refractivity contribution in [2.75, 3.05) is 39.8 Å². The van der Waals surface area contributed by atoms with Gasteiger partial charge in [-0.05, 0) is 59.2 Å². The summed E-state index contributed by atoms with van der Waals surface area (Å²) in [7, 11) is 2.20. The summed E-state index contributed by atoms with van der Waals surface area (Å²) in [5.41, 5.74) is 12.9. The van der Waals surface area contributed by atoms with Crippen molar-refractivity contribution >= 4 is 11.3 Å². The Balaban J connectivity index is 1.13. The third-order valence-corrected chi connectivity index (χ3v) is 8.75. The van der Waals surface area contributed by atoms with E-state index in [4.69, 9.17) is 5.73 Å². The lowest BCUT2D eigenvalue weighted by Gasteiger charge is -2.34. The van der Waals surface area contributed by atoms with Crippen molar-refractivity contribution in [1.82, 2.24) is 15.1 Å². The lowest BCUT2D eigenvalue weighted by Crippen LogP contribution is -2.54. The first kappa shape index (κ1) is 25.1. The van der Waals surface area contributed by atoms with Gasteiger partial charge in [-0.25, -0.2) is 0 Å². The Morgan fingerprint density at radius 3 is 2.33 bits per heavy atom. The molecule has 3 aromatic rings. The number of nitrogens with two attached hydrogens (primary N) is 1. The molecule has 5 rings (SSSR count). The van der Waals surface area contributed by atoms with E-state index in [-0.39, 0.29) is 11.6 Å². The van der Waals surface area contributed by atoms with Crippen LogP contribution in [0.1, 0.15) is 28.0 Å². The first-order chi connectivity index (χ1) is 17.5. The minimum atomic E-state index is -0.271. The van der Waals surface area contributed by atoms with Gasteiger partial charge in [-0.3, -0.25) is 10.2 Å². The molecule has 2 heterocycles. The zero-order valence-electron chi connectivity index (χ0n) is 21.2. The van der Waals surface area contributed by atoms with Gasteiger partial charge in [0.25, 0.3) is 0 Å². The molecule has 188 valence electrons. The second-order valence-corrected chi connectivity index (χ2v) is 11.6. The maximum Gasteiger partial charge on any atom is 0.0994 e. The number of hydrogen-bond acceptors (Lipinski definition) is 6. The van der Waals surface area contributed by atoms with E-state index in [1.54, 1.807) is 11.3 Å². The summed E-state index contributed by atoms with van der Waals surface area (Å²) in [4.78, 5) is 6.33. The van der Waals surface area contributed by atoms with Crippen LogP contribution >= 0.6 is 11.3 Å². The number of hydrogen-bond donors (Lipinski definition) is 2. The minimum absolute atomic E-state index is 0.241. The van der Waals surface area contributed by atoms with Crippen LogP contribution in [0.3, 0.4) is 0 Å². The smallest absolute Gasteiger partial charge is 0.0994 e. The standard InChI is InChI=1S/C30H37N5S/c1-34-13-15-35(16-14-34)21-24-4-8-26(9-5-24)25-6-2-23(3-7-25)18-28(20-31)33-22-30(32)12-10-27-11-17-36-29(27)19-30/h2-9,11,17,28,33H,10,12-16,18-19,21-22,32H2,1H3. The molecule has 1 fully saturated rings. The molecule has 1 aliphatic carbocycles. The molecule has 6 heteroatoms. The van der Waals surface area contributed by atoms with Crippen molar-refractivity contribution in [2.45, 2.75) is 43.8 Å². The van der Waals surface area contributed by atoms with Gasteiger partial charge in [-0.1, -0.05) is 48.5 Å². The van der Waals surface area contributed by atoms with Crippen LogP contribution in [0.25, 0.3) is 11.1 Å². The average Bonchev–Trinajstić information content (AvgIpc) is 3.36. The van der Waals surface area contributed by atoms with E-state index in [9.17, 15) is 5.26 Å². The Kier molecular flexibility index (Phi) is 7.85. The topological polar surface area (TPSA) is 68.3 Å². The number of piperazine rings is 1. The fraction of sp³-hybridized carbons (Fsp3) is 0.433. The number of nitriles is 1. The summed E-state index contributed by atoms with van der Waals surface area (Å²) in [6.07, 6.45) is 3.58. The van der Waals surface area contributed by atoms with E-state index in [1.807, 2.05) is 0 Å². The van der Waals surface area contributed by atoms with E-state index in [1.165, 1.54) is 32.7 Å². The van der Waals surface area contributed by atoms with Crippen LogP contribution in [0.2, 0.25) is 0 Å². The molecule has 36 heavy (non-hydrogen) atoms. The molecule has 1 aromatic heterocycles. The number of fused-ring (bicyclic) bond motifs is 1. The molecule has 0 saturated carbocycles. The van der Waals surface area contributed by atoms with Crippen LogP contribution in [-0.2, 0) is 25.8 Å². The number of rotatable bonds is 8. The Morgan fingerprint density at radius 2 is 1.67 bits per heavy atom. The normalized spacial score (nSPS) is 21.6. The molecule has 2 aromatic carbocycles. The zero-order chi connectivity index (χ0) is 25.0. The second-order valence-electron chi connectivity index (χ2n) is 10.6. The largest absolute Gasteiger partial charge is 0.324 e. The van der Waals surface area contributed by atoms with Crippen LogP contribution in [0.4, 0.5) is 0 Å². The number of nitrogens with zero attached hydrogens (tertiary/aromatic N) is 3. The van der Waals surface area contributed by atoms with E-state index in [2.05, 4.69) is 88.2 Å². The second kappa shape index (κ2) is 11.2. The summed E-state index contributed by atoms with van der Waals surface area (Å²) in [6.45, 7) is 6.26. The highest BCUT2D eigenvalue weighted by molar-refractivity contribution is 7.10. The molecule has 2 aliphatic rings. The summed E-state index contributed by atoms with van der Waals surface area (Å²) >= 11 is 1.80.